The number of aliphatic hydroxyl groups excluding tert-OH is 1. The fourth-order valence-electron chi connectivity index (χ4n) is 2.10. The second-order valence-electron chi connectivity index (χ2n) is 4.35. The van der Waals surface area contributed by atoms with Gasteiger partial charge < -0.3 is 19.2 Å². The van der Waals surface area contributed by atoms with Gasteiger partial charge >= 0.3 is 0 Å². The number of rotatable bonds is 4. The quantitative estimate of drug-likeness (QED) is 0.851. The Morgan fingerprint density at radius 2 is 2.33 bits per heavy atom. The molecule has 2 heterocycles. The molecule has 1 aromatic heterocycles. The summed E-state index contributed by atoms with van der Waals surface area (Å²) < 4.78 is 10.6. The van der Waals surface area contributed by atoms with E-state index in [0.29, 0.717) is 31.2 Å². The van der Waals surface area contributed by atoms with Crippen molar-refractivity contribution >= 4 is 5.91 Å². The Bertz CT molecular complexity index is 397. The molecule has 0 bridgehead atoms. The van der Waals surface area contributed by atoms with Crippen LogP contribution in [0.25, 0.3) is 0 Å². The van der Waals surface area contributed by atoms with Crippen molar-refractivity contribution in [1.82, 2.24) is 9.88 Å². The van der Waals surface area contributed by atoms with Crippen LogP contribution in [0.2, 0.25) is 0 Å². The van der Waals surface area contributed by atoms with E-state index in [1.54, 1.807) is 11.8 Å². The van der Waals surface area contributed by atoms with Crippen LogP contribution in [0.3, 0.4) is 0 Å². The third-order valence-corrected chi connectivity index (χ3v) is 3.11. The molecule has 0 radical (unpaired) electrons. The minimum atomic E-state index is -0.106. The number of aliphatic hydroxyl groups is 1. The van der Waals surface area contributed by atoms with Gasteiger partial charge in [0.2, 0.25) is 5.76 Å². The van der Waals surface area contributed by atoms with Gasteiger partial charge in [0.25, 0.3) is 5.91 Å². The van der Waals surface area contributed by atoms with Gasteiger partial charge in [-0.25, -0.2) is 4.98 Å². The lowest BCUT2D eigenvalue weighted by Gasteiger charge is -2.31. The molecule has 100 valence electrons. The molecule has 0 aromatic carbocycles. The summed E-state index contributed by atoms with van der Waals surface area (Å²) in [6, 6.07) is 0. The van der Waals surface area contributed by atoms with Crippen molar-refractivity contribution in [3.8, 4) is 0 Å². The maximum Gasteiger partial charge on any atom is 0.291 e. The molecule has 0 saturated carbocycles. The summed E-state index contributed by atoms with van der Waals surface area (Å²) in [5.74, 6) is 0.218. The number of carbonyl (C=O) groups excluding carboxylic acids is 1. The molecule has 1 N–H and O–H groups in total. The van der Waals surface area contributed by atoms with Crippen LogP contribution in [-0.2, 0) is 4.74 Å². The van der Waals surface area contributed by atoms with Crippen LogP contribution in [0, 0.1) is 6.92 Å². The van der Waals surface area contributed by atoms with E-state index < -0.39 is 0 Å². The molecule has 1 amide bonds. The number of hydrogen-bond donors (Lipinski definition) is 1. The number of ether oxygens (including phenoxy) is 1. The number of hydrogen-bond acceptors (Lipinski definition) is 5. The molecular weight excluding hydrogens is 236 g/mol. The van der Waals surface area contributed by atoms with Crippen LogP contribution in [0.1, 0.15) is 29.1 Å². The fourth-order valence-corrected chi connectivity index (χ4v) is 2.10. The van der Waals surface area contributed by atoms with Crippen molar-refractivity contribution in [1.29, 1.82) is 0 Å². The third kappa shape index (κ3) is 2.88. The summed E-state index contributed by atoms with van der Waals surface area (Å²) in [7, 11) is 0. The van der Waals surface area contributed by atoms with E-state index in [1.807, 2.05) is 0 Å². The van der Waals surface area contributed by atoms with Gasteiger partial charge in [-0.2, -0.15) is 0 Å². The van der Waals surface area contributed by atoms with Gasteiger partial charge in [-0.15, -0.1) is 0 Å². The maximum absolute atomic E-state index is 12.1. The lowest BCUT2D eigenvalue weighted by molar-refractivity contribution is -0.00609. The fraction of sp³-hybridized carbons (Fsp3) is 0.667. The Morgan fingerprint density at radius 3 is 2.89 bits per heavy atom. The highest BCUT2D eigenvalue weighted by Gasteiger charge is 2.26. The van der Waals surface area contributed by atoms with E-state index in [0.717, 1.165) is 12.8 Å². The zero-order valence-corrected chi connectivity index (χ0v) is 10.5. The van der Waals surface area contributed by atoms with E-state index in [2.05, 4.69) is 4.98 Å². The summed E-state index contributed by atoms with van der Waals surface area (Å²) >= 11 is 0. The Morgan fingerprint density at radius 1 is 1.61 bits per heavy atom. The number of carbonyl (C=O) groups is 1. The number of amides is 1. The topological polar surface area (TPSA) is 75.8 Å². The Balaban J connectivity index is 1.86. The molecule has 0 aliphatic carbocycles. The lowest BCUT2D eigenvalue weighted by atomic mass is 10.1. The van der Waals surface area contributed by atoms with Crippen molar-refractivity contribution in [2.75, 3.05) is 26.3 Å². The summed E-state index contributed by atoms with van der Waals surface area (Å²) in [4.78, 5) is 17.8. The molecule has 2 rings (SSSR count). The highest BCUT2D eigenvalue weighted by molar-refractivity contribution is 5.92. The standard InChI is InChI=1S/C12H18N2O4/c1-9-11(18-8-13-9)12(16)14-4-2-10(3-5-14)17-7-6-15/h8,10,15H,2-7H2,1H3. The molecule has 18 heavy (non-hydrogen) atoms. The van der Waals surface area contributed by atoms with Gasteiger partial charge in [0.1, 0.15) is 0 Å². The van der Waals surface area contributed by atoms with E-state index in [4.69, 9.17) is 14.3 Å². The van der Waals surface area contributed by atoms with Crippen molar-refractivity contribution in [3.05, 3.63) is 17.8 Å². The lowest BCUT2D eigenvalue weighted by Crippen LogP contribution is -2.41. The molecule has 6 heteroatoms. The number of likely N-dealkylation sites (tertiary alicyclic amines) is 1. The van der Waals surface area contributed by atoms with Gasteiger partial charge in [-0.3, -0.25) is 4.79 Å². The van der Waals surface area contributed by atoms with E-state index in [1.165, 1.54) is 6.39 Å². The zero-order chi connectivity index (χ0) is 13.0. The number of oxazole rings is 1. The second-order valence-corrected chi connectivity index (χ2v) is 4.35. The van der Waals surface area contributed by atoms with Crippen LogP contribution < -0.4 is 0 Å². The molecule has 0 unspecified atom stereocenters. The summed E-state index contributed by atoms with van der Waals surface area (Å²) in [5.41, 5.74) is 0.624. The SMILES string of the molecule is Cc1ncoc1C(=O)N1CCC(OCCO)CC1. The van der Waals surface area contributed by atoms with Crippen LogP contribution >= 0.6 is 0 Å². The Hall–Kier alpha value is -1.40. The number of piperidine rings is 1. The molecule has 1 fully saturated rings. The summed E-state index contributed by atoms with van der Waals surface area (Å²) in [5, 5.41) is 8.68. The number of aromatic nitrogens is 1. The largest absolute Gasteiger partial charge is 0.438 e. The van der Waals surface area contributed by atoms with Crippen LogP contribution in [0.4, 0.5) is 0 Å². The number of nitrogens with zero attached hydrogens (tertiary/aromatic N) is 2. The summed E-state index contributed by atoms with van der Waals surface area (Å²) in [6.45, 7) is 3.45. The molecule has 6 nitrogen and oxygen atoms in total. The Labute approximate surface area is 106 Å². The molecule has 1 aliphatic heterocycles. The van der Waals surface area contributed by atoms with Crippen molar-refractivity contribution < 1.29 is 19.1 Å². The zero-order valence-electron chi connectivity index (χ0n) is 10.5. The third-order valence-electron chi connectivity index (χ3n) is 3.11. The molecular formula is C12H18N2O4. The maximum atomic E-state index is 12.1. The first-order valence-corrected chi connectivity index (χ1v) is 6.14. The normalized spacial score (nSPS) is 17.1. The van der Waals surface area contributed by atoms with Crippen LogP contribution in [-0.4, -0.2) is 53.3 Å². The monoisotopic (exact) mass is 254 g/mol. The van der Waals surface area contributed by atoms with Crippen LogP contribution in [0.5, 0.6) is 0 Å². The van der Waals surface area contributed by atoms with Crippen LogP contribution in [0.15, 0.2) is 10.8 Å². The summed E-state index contributed by atoms with van der Waals surface area (Å²) in [6.07, 6.45) is 3.01. The average Bonchev–Trinajstić information content (AvgIpc) is 2.82. The second kappa shape index (κ2) is 5.97. The molecule has 1 aromatic rings. The highest BCUT2D eigenvalue weighted by atomic mass is 16.5. The van der Waals surface area contributed by atoms with Gasteiger partial charge in [-0.1, -0.05) is 0 Å². The van der Waals surface area contributed by atoms with E-state index in [-0.39, 0.29) is 18.6 Å². The van der Waals surface area contributed by atoms with E-state index >= 15 is 0 Å². The minimum Gasteiger partial charge on any atom is -0.438 e. The predicted octanol–water partition coefficient (Wildman–Crippen LogP) is 0.597. The minimum absolute atomic E-state index is 0.0381. The highest BCUT2D eigenvalue weighted by Crippen LogP contribution is 2.17. The average molecular weight is 254 g/mol. The molecule has 0 spiro atoms. The first-order valence-electron chi connectivity index (χ1n) is 6.14. The Kier molecular flexibility index (Phi) is 4.33. The predicted molar refractivity (Wildman–Crippen MR) is 63.2 cm³/mol. The van der Waals surface area contributed by atoms with Gasteiger partial charge in [0, 0.05) is 13.1 Å². The number of aryl methyl sites for hydroxylation is 1. The van der Waals surface area contributed by atoms with Crippen molar-refractivity contribution in [2.24, 2.45) is 0 Å². The molecule has 0 atom stereocenters. The van der Waals surface area contributed by atoms with E-state index in [9.17, 15) is 4.79 Å². The van der Waals surface area contributed by atoms with Gasteiger partial charge in [0.15, 0.2) is 6.39 Å². The molecule has 1 saturated heterocycles. The van der Waals surface area contributed by atoms with Crippen molar-refractivity contribution in [3.63, 3.8) is 0 Å². The van der Waals surface area contributed by atoms with Gasteiger partial charge in [0.05, 0.1) is 25.0 Å². The van der Waals surface area contributed by atoms with Crippen molar-refractivity contribution in [2.45, 2.75) is 25.9 Å². The molecule has 1 aliphatic rings. The first kappa shape index (κ1) is 13.0. The smallest absolute Gasteiger partial charge is 0.291 e. The van der Waals surface area contributed by atoms with Gasteiger partial charge in [-0.05, 0) is 19.8 Å². The first-order chi connectivity index (χ1) is 8.72.